The van der Waals surface area contributed by atoms with E-state index in [4.69, 9.17) is 9.47 Å². The molecule has 0 aromatic carbocycles. The molecule has 0 aromatic heterocycles. The van der Waals surface area contributed by atoms with Crippen molar-refractivity contribution in [3.63, 3.8) is 0 Å². The summed E-state index contributed by atoms with van der Waals surface area (Å²) in [4.78, 5) is 0. The van der Waals surface area contributed by atoms with E-state index in [-0.39, 0.29) is 12.4 Å². The van der Waals surface area contributed by atoms with Crippen molar-refractivity contribution in [1.82, 2.24) is 0 Å². The summed E-state index contributed by atoms with van der Waals surface area (Å²) < 4.78 is 10.3. The number of hydrogen-bond acceptors (Lipinski definition) is 4. The van der Waals surface area contributed by atoms with E-state index >= 15 is 0 Å². The molecule has 4 atom stereocenters. The normalized spacial score (nSPS) is 43.0. The molecule has 1 heterocycles. The lowest BCUT2D eigenvalue weighted by Gasteiger charge is -2.35. The van der Waals surface area contributed by atoms with Gasteiger partial charge in [0.05, 0.1) is 12.2 Å². The maximum Gasteiger partial charge on any atom is 0.160 e. The highest BCUT2D eigenvalue weighted by Gasteiger charge is 2.35. The summed E-state index contributed by atoms with van der Waals surface area (Å²) in [5.74, 6) is 0. The first-order chi connectivity index (χ1) is 5.69. The van der Waals surface area contributed by atoms with Gasteiger partial charge in [0.25, 0.3) is 0 Å². The number of ether oxygens (including phenoxy) is 2. The second kappa shape index (κ2) is 4.18. The molecule has 0 saturated carbocycles. The topological polar surface area (TPSA) is 58.9 Å². The fraction of sp³-hybridized carbons (Fsp3) is 1.00. The van der Waals surface area contributed by atoms with Crippen LogP contribution in [0.3, 0.4) is 0 Å². The monoisotopic (exact) mass is 176 g/mol. The van der Waals surface area contributed by atoms with E-state index in [0.717, 1.165) is 0 Å². The Hall–Kier alpha value is -0.160. The minimum atomic E-state index is -0.776. The maximum atomic E-state index is 9.42. The standard InChI is InChI=1S/C8H16O4/c1-3-6-8(10)5(9)4-7(11-2)12-6/h5-10H,3-4H2,1-2H3/t5-,6-,7+,8+/m1/s1. The van der Waals surface area contributed by atoms with Gasteiger partial charge in [0, 0.05) is 13.5 Å². The van der Waals surface area contributed by atoms with E-state index in [1.807, 2.05) is 6.92 Å². The van der Waals surface area contributed by atoms with Gasteiger partial charge in [0.15, 0.2) is 6.29 Å². The van der Waals surface area contributed by atoms with Gasteiger partial charge in [-0.15, -0.1) is 0 Å². The van der Waals surface area contributed by atoms with Crippen molar-refractivity contribution in [1.29, 1.82) is 0 Å². The number of hydrogen-bond donors (Lipinski definition) is 2. The first-order valence-corrected chi connectivity index (χ1v) is 4.23. The van der Waals surface area contributed by atoms with Gasteiger partial charge in [0.1, 0.15) is 6.10 Å². The Morgan fingerprint density at radius 3 is 2.67 bits per heavy atom. The Balaban J connectivity index is 2.52. The van der Waals surface area contributed by atoms with Crippen LogP contribution in [-0.4, -0.2) is 41.9 Å². The second-order valence-corrected chi connectivity index (χ2v) is 3.04. The molecular formula is C8H16O4. The Morgan fingerprint density at radius 2 is 2.17 bits per heavy atom. The van der Waals surface area contributed by atoms with Crippen molar-refractivity contribution in [3.05, 3.63) is 0 Å². The largest absolute Gasteiger partial charge is 0.390 e. The molecule has 1 saturated heterocycles. The lowest BCUT2D eigenvalue weighted by molar-refractivity contribution is -0.242. The summed E-state index contributed by atoms with van der Waals surface area (Å²) in [7, 11) is 1.53. The summed E-state index contributed by atoms with van der Waals surface area (Å²) >= 11 is 0. The van der Waals surface area contributed by atoms with E-state index in [2.05, 4.69) is 0 Å². The van der Waals surface area contributed by atoms with E-state index in [0.29, 0.717) is 12.8 Å². The van der Waals surface area contributed by atoms with Gasteiger partial charge in [-0.2, -0.15) is 0 Å². The molecule has 0 spiro atoms. The van der Waals surface area contributed by atoms with E-state index in [9.17, 15) is 10.2 Å². The molecule has 72 valence electrons. The van der Waals surface area contributed by atoms with Crippen molar-refractivity contribution in [2.75, 3.05) is 7.11 Å². The molecule has 0 aliphatic carbocycles. The zero-order valence-electron chi connectivity index (χ0n) is 7.43. The van der Waals surface area contributed by atoms with Crippen LogP contribution < -0.4 is 0 Å². The fourth-order valence-corrected chi connectivity index (χ4v) is 1.40. The van der Waals surface area contributed by atoms with Crippen LogP contribution in [0.25, 0.3) is 0 Å². The third-order valence-electron chi connectivity index (χ3n) is 2.20. The van der Waals surface area contributed by atoms with Crippen LogP contribution in [0.5, 0.6) is 0 Å². The zero-order chi connectivity index (χ0) is 9.14. The minimum Gasteiger partial charge on any atom is -0.390 e. The lowest BCUT2D eigenvalue weighted by atomic mass is 10.00. The Labute approximate surface area is 72.1 Å². The molecule has 4 heteroatoms. The molecule has 1 rings (SSSR count). The van der Waals surface area contributed by atoms with Gasteiger partial charge in [-0.05, 0) is 6.42 Å². The Kier molecular flexibility index (Phi) is 3.46. The average Bonchev–Trinajstić information content (AvgIpc) is 2.09. The summed E-state index contributed by atoms with van der Waals surface area (Å²) in [6, 6.07) is 0. The van der Waals surface area contributed by atoms with Crippen LogP contribution in [-0.2, 0) is 9.47 Å². The molecule has 0 amide bonds. The lowest BCUT2D eigenvalue weighted by Crippen LogP contribution is -2.48. The van der Waals surface area contributed by atoms with Crippen LogP contribution >= 0.6 is 0 Å². The first kappa shape index (κ1) is 9.92. The summed E-state index contributed by atoms with van der Waals surface area (Å²) in [6.07, 6.45) is -1.17. The summed E-state index contributed by atoms with van der Waals surface area (Å²) in [5, 5.41) is 18.8. The third kappa shape index (κ3) is 1.95. The summed E-state index contributed by atoms with van der Waals surface area (Å²) in [5.41, 5.74) is 0. The SMILES string of the molecule is CC[C@H]1O[C@H](OC)C[C@@H](O)[C@@H]1O. The molecule has 1 aliphatic heterocycles. The predicted molar refractivity (Wildman–Crippen MR) is 42.6 cm³/mol. The van der Waals surface area contributed by atoms with Gasteiger partial charge in [-0.3, -0.25) is 0 Å². The van der Waals surface area contributed by atoms with Crippen LogP contribution in [0, 0.1) is 0 Å². The van der Waals surface area contributed by atoms with Gasteiger partial charge >= 0.3 is 0 Å². The molecule has 0 bridgehead atoms. The highest BCUT2D eigenvalue weighted by atomic mass is 16.7. The Bertz CT molecular complexity index is 139. The zero-order valence-corrected chi connectivity index (χ0v) is 7.43. The van der Waals surface area contributed by atoms with Crippen molar-refractivity contribution in [2.24, 2.45) is 0 Å². The third-order valence-corrected chi connectivity index (χ3v) is 2.20. The molecule has 0 radical (unpaired) electrons. The molecule has 0 unspecified atom stereocenters. The molecule has 0 aromatic rings. The average molecular weight is 176 g/mol. The van der Waals surface area contributed by atoms with E-state index in [1.165, 1.54) is 7.11 Å². The smallest absolute Gasteiger partial charge is 0.160 e. The Morgan fingerprint density at radius 1 is 1.50 bits per heavy atom. The molecular weight excluding hydrogens is 160 g/mol. The van der Waals surface area contributed by atoms with Gasteiger partial charge in [0.2, 0.25) is 0 Å². The first-order valence-electron chi connectivity index (χ1n) is 4.23. The predicted octanol–water partition coefficient (Wildman–Crippen LogP) is -0.120. The van der Waals surface area contributed by atoms with Crippen LogP contribution in [0.4, 0.5) is 0 Å². The van der Waals surface area contributed by atoms with Crippen molar-refractivity contribution in [2.45, 2.75) is 44.4 Å². The van der Waals surface area contributed by atoms with Crippen LogP contribution in [0.15, 0.2) is 0 Å². The highest BCUT2D eigenvalue weighted by Crippen LogP contribution is 2.22. The molecule has 2 N–H and O–H groups in total. The number of methoxy groups -OCH3 is 1. The van der Waals surface area contributed by atoms with Gasteiger partial charge in [-0.25, -0.2) is 0 Å². The maximum absolute atomic E-state index is 9.42. The van der Waals surface area contributed by atoms with Gasteiger partial charge in [-0.1, -0.05) is 6.92 Å². The van der Waals surface area contributed by atoms with E-state index < -0.39 is 12.2 Å². The van der Waals surface area contributed by atoms with Crippen molar-refractivity contribution >= 4 is 0 Å². The van der Waals surface area contributed by atoms with Crippen LogP contribution in [0.2, 0.25) is 0 Å². The fourth-order valence-electron chi connectivity index (χ4n) is 1.40. The molecule has 12 heavy (non-hydrogen) atoms. The van der Waals surface area contributed by atoms with Crippen molar-refractivity contribution in [3.8, 4) is 0 Å². The number of rotatable bonds is 2. The quantitative estimate of drug-likeness (QED) is 0.616. The second-order valence-electron chi connectivity index (χ2n) is 3.04. The highest BCUT2D eigenvalue weighted by molar-refractivity contribution is 4.81. The van der Waals surface area contributed by atoms with E-state index in [1.54, 1.807) is 0 Å². The molecule has 1 fully saturated rings. The molecule has 1 aliphatic rings. The summed E-state index contributed by atoms with van der Waals surface area (Å²) in [6.45, 7) is 1.90. The van der Waals surface area contributed by atoms with Gasteiger partial charge < -0.3 is 19.7 Å². The molecule has 4 nitrogen and oxygen atoms in total. The minimum absolute atomic E-state index is 0.307. The number of aliphatic hydroxyl groups is 2. The van der Waals surface area contributed by atoms with Crippen LogP contribution in [0.1, 0.15) is 19.8 Å². The van der Waals surface area contributed by atoms with Crippen molar-refractivity contribution < 1.29 is 19.7 Å². The number of aliphatic hydroxyl groups excluding tert-OH is 2.